The molecule has 2 atom stereocenters. The fraction of sp³-hybridized carbons (Fsp3) is 0.436. The van der Waals surface area contributed by atoms with Crippen LogP contribution in [0.15, 0.2) is 168 Å². The molecule has 1 heterocycles. The normalized spacial score (nSPS) is 14.1. The lowest BCUT2D eigenvalue weighted by molar-refractivity contribution is -0.148. The topological polar surface area (TPSA) is 374 Å². The fourth-order valence-corrected chi connectivity index (χ4v) is 15.5. The SMILES string of the molecule is CC(=O)O.CC(C)(C)[Si](C)(C)Cl.CC(C)(C)[Si](C)(C)Oc1ccc(F)c(C=O)c1.CC(C)(C)[Si](C)(C)Oc1ccc(F)cc1.CCOC(=O)C1=C(COC(C)(C)C)NC2=C(C(=O)CC(c3c(C)cc(C)cc3C)C2)C1c1cc(O)ccc1F.CCOC(=O)CC(=O)COC(C)(C)C.Cc1cc(C)c(C2CC(=O)CC(=O)C2)c(C)c1.N.O=Cc1cc(O)ccc1F.O=Cc1cc(O)ccc1F.Oc1ccc(F)cc1. The molecule has 786 valence electrons. The Kier molecular flexibility index (Phi) is 52.2. The number of esters is 2. The standard InChI is InChI=1S/C32H38FNO5.C15H18O2.C13H19FO2Si.C12H19FOSi.C10H18O4.2C7H5FO2.C6H15ClSi.C6H5FO.C2H4O2.H3N/c1-8-38-31(37)30-25(16-39-32(5,6)7)34-24-13-20(27-18(3)11-17(2)12-19(27)4)14-26(36)29(24)28(30)22-15-21(35)9-10-23(22)33;1-9-4-10(2)15(11(3)5-9)12-6-13(16)8-14(17)7-12;1-13(2,3)17(4,5)16-11-6-7-12(14)10(8-11)9-15;1-12(2,3)15(4,5)14-11-8-6-10(13)7-9-11;1-5-13-9(12)6-8(11)7-14-10(2,3)4;2*8-7-2-1-6(10)3-5(7)4-9;1-6(2,3)8(4,5)7;7-5-1-3-6(8)4-2-5;1-2(3)4;/h9-12,15,20,28,34-35H,8,13-14,16H2,1-7H3;4-5,12H,6-8H2,1-3H3;6-9H,1-5H3;6-9H,1-5H3;5-7H2,1-4H3;2*1-4,10H;1-5H3;1-4,8H;1H3,(H,3,4);1H3. The molecule has 1 saturated carbocycles. The number of allylic oxidation sites excluding steroid dienone is 2. The van der Waals surface area contributed by atoms with Crippen LogP contribution in [0.1, 0.15) is 262 Å². The van der Waals surface area contributed by atoms with Crippen molar-refractivity contribution in [1.29, 1.82) is 0 Å². The maximum Gasteiger partial charge on any atom is 0.336 e. The highest BCUT2D eigenvalue weighted by molar-refractivity contribution is 7.20. The van der Waals surface area contributed by atoms with Crippen molar-refractivity contribution in [2.75, 3.05) is 26.4 Å². The second-order valence-corrected chi connectivity index (χ2v) is 57.7. The lowest BCUT2D eigenvalue weighted by Crippen LogP contribution is -2.43. The number of nitrogens with one attached hydrogen (secondary N) is 1. The van der Waals surface area contributed by atoms with Crippen LogP contribution in [0.5, 0.6) is 34.5 Å². The Morgan fingerprint density at radius 2 is 0.818 bits per heavy atom. The average molecular weight is 2070 g/mol. The molecule has 1 fully saturated rings. The van der Waals surface area contributed by atoms with Crippen LogP contribution in [0.3, 0.4) is 0 Å². The van der Waals surface area contributed by atoms with Gasteiger partial charge >= 0.3 is 11.9 Å². The molecule has 9 N–H and O–H groups in total. The number of halogens is 7. The van der Waals surface area contributed by atoms with Crippen molar-refractivity contribution in [2.24, 2.45) is 0 Å². The van der Waals surface area contributed by atoms with Gasteiger partial charge in [-0.15, -0.1) is 0 Å². The van der Waals surface area contributed by atoms with E-state index in [9.17, 15) is 70.2 Å². The molecule has 8 aromatic carbocycles. The maximum atomic E-state index is 15.4. The Balaban J connectivity index is 0.000000846. The van der Waals surface area contributed by atoms with Crippen molar-refractivity contribution in [3.63, 3.8) is 0 Å². The zero-order valence-electron chi connectivity index (χ0n) is 88.5. The molecule has 2 aliphatic carbocycles. The molecular formula is C110H149ClF6N2O21Si3. The van der Waals surface area contributed by atoms with Crippen LogP contribution < -0.4 is 20.3 Å². The number of aldehydes is 3. The number of dihydropyridines is 1. The van der Waals surface area contributed by atoms with Crippen LogP contribution in [-0.4, -0.2) is 147 Å². The molecular weight excluding hydrogens is 1920 g/mol. The van der Waals surface area contributed by atoms with Crippen molar-refractivity contribution < 1.29 is 128 Å². The summed E-state index contributed by atoms with van der Waals surface area (Å²) in [6, 6.07) is 34.3. The maximum absolute atomic E-state index is 15.4. The minimum Gasteiger partial charge on any atom is -0.543 e. The fourth-order valence-electron chi connectivity index (χ4n) is 13.4. The summed E-state index contributed by atoms with van der Waals surface area (Å²) in [5.41, 5.74) is 9.89. The van der Waals surface area contributed by atoms with Crippen LogP contribution in [-0.2, 0) is 52.5 Å². The van der Waals surface area contributed by atoms with Gasteiger partial charge in [-0.1, -0.05) is 111 Å². The highest BCUT2D eigenvalue weighted by Crippen LogP contribution is 2.49. The predicted octanol–water partition coefficient (Wildman–Crippen LogP) is 26.5. The average Bonchev–Trinajstić information content (AvgIpc) is 0.734. The van der Waals surface area contributed by atoms with Gasteiger partial charge in [0.25, 0.3) is 5.97 Å². The summed E-state index contributed by atoms with van der Waals surface area (Å²) >= 11 is 6.15. The number of phenols is 4. The number of benzene rings is 8. The van der Waals surface area contributed by atoms with Crippen molar-refractivity contribution >= 4 is 95.0 Å². The van der Waals surface area contributed by atoms with Gasteiger partial charge in [0, 0.05) is 43.0 Å². The molecule has 143 heavy (non-hydrogen) atoms. The van der Waals surface area contributed by atoms with Gasteiger partial charge in [0.2, 0.25) is 16.6 Å². The van der Waals surface area contributed by atoms with Crippen LogP contribution in [0, 0.1) is 76.4 Å². The minimum absolute atomic E-state index is 0. The highest BCUT2D eigenvalue weighted by atomic mass is 35.6. The molecule has 0 saturated heterocycles. The number of ketones is 4. The molecule has 1 aliphatic heterocycles. The Bertz CT molecular complexity index is 5530. The largest absolute Gasteiger partial charge is 0.543 e. The molecule has 3 aliphatic rings. The Labute approximate surface area is 847 Å². The number of carbonyl (C=O) groups excluding carboxylic acids is 9. The van der Waals surface area contributed by atoms with Gasteiger partial charge in [-0.2, -0.15) is 11.1 Å². The molecule has 33 heteroatoms. The first-order valence-electron chi connectivity index (χ1n) is 46.4. The Hall–Kier alpha value is -11.7. The summed E-state index contributed by atoms with van der Waals surface area (Å²) in [6.45, 7) is 61.0. The van der Waals surface area contributed by atoms with Crippen LogP contribution >= 0.6 is 11.1 Å². The van der Waals surface area contributed by atoms with E-state index in [-0.39, 0.29) is 158 Å². The number of aliphatic carboxylic acids is 1. The van der Waals surface area contributed by atoms with Crippen molar-refractivity contribution in [1.82, 2.24) is 11.5 Å². The van der Waals surface area contributed by atoms with E-state index >= 15 is 4.39 Å². The number of rotatable bonds is 19. The molecule has 0 radical (unpaired) electrons. The van der Waals surface area contributed by atoms with Crippen molar-refractivity contribution in [3.8, 4) is 34.5 Å². The number of hydrogen-bond acceptors (Lipinski definition) is 22. The molecule has 23 nitrogen and oxygen atoms in total. The second kappa shape index (κ2) is 57.7. The monoisotopic (exact) mass is 2070 g/mol. The van der Waals surface area contributed by atoms with E-state index in [1.165, 1.54) is 95.1 Å². The van der Waals surface area contributed by atoms with E-state index in [1.807, 2.05) is 41.5 Å². The summed E-state index contributed by atoms with van der Waals surface area (Å²) in [6.07, 6.45) is 2.94. The number of aromatic hydroxyl groups is 4. The third-order valence-corrected chi connectivity index (χ3v) is 37.2. The van der Waals surface area contributed by atoms with Gasteiger partial charge in [0.15, 0.2) is 37.8 Å². The number of aryl methyl sites for hydroxylation is 6. The van der Waals surface area contributed by atoms with Crippen LogP contribution in [0.4, 0.5) is 26.3 Å². The Morgan fingerprint density at radius 1 is 0.469 bits per heavy atom. The molecule has 0 amide bonds. The number of phenolic OH excluding ortho intramolecular Hbond substituents is 4. The number of carbonyl (C=O) groups is 10. The van der Waals surface area contributed by atoms with Crippen molar-refractivity contribution in [2.45, 2.75) is 288 Å². The van der Waals surface area contributed by atoms with Gasteiger partial charge < -0.3 is 64.8 Å². The summed E-state index contributed by atoms with van der Waals surface area (Å²) in [5, 5.41) is 47.7. The van der Waals surface area contributed by atoms with Crippen LogP contribution in [0.25, 0.3) is 0 Å². The first-order chi connectivity index (χ1) is 65.3. The number of carboxylic acids is 1. The van der Waals surface area contributed by atoms with E-state index < -0.39 is 76.7 Å². The third kappa shape index (κ3) is 45.4. The predicted molar refractivity (Wildman–Crippen MR) is 557 cm³/mol. The number of hydrogen-bond donors (Lipinski definition) is 7. The first kappa shape index (κ1) is 129. The quantitative estimate of drug-likeness (QED) is 0.00987. The summed E-state index contributed by atoms with van der Waals surface area (Å²) in [4.78, 5) is 112. The summed E-state index contributed by atoms with van der Waals surface area (Å²) in [7, 11) is -5.11. The van der Waals surface area contributed by atoms with Gasteiger partial charge in [-0.3, -0.25) is 43.2 Å². The van der Waals surface area contributed by atoms with Gasteiger partial charge in [0.05, 0.1) is 71.3 Å². The summed E-state index contributed by atoms with van der Waals surface area (Å²) < 4.78 is 111. The van der Waals surface area contributed by atoms with E-state index in [0.717, 1.165) is 65.3 Å². The zero-order chi connectivity index (χ0) is 109. The molecule has 8 aromatic rings. The lowest BCUT2D eigenvalue weighted by atomic mass is 9.70. The third-order valence-electron chi connectivity index (χ3n) is 23.2. The summed E-state index contributed by atoms with van der Waals surface area (Å²) in [5.74, 6) is -5.11. The van der Waals surface area contributed by atoms with Gasteiger partial charge in [0.1, 0.15) is 94.0 Å². The van der Waals surface area contributed by atoms with E-state index in [0.29, 0.717) is 72.5 Å². The molecule has 0 spiro atoms. The second-order valence-electron chi connectivity index (χ2n) is 40.9. The van der Waals surface area contributed by atoms with E-state index in [1.54, 1.807) is 32.0 Å². The highest BCUT2D eigenvalue weighted by Gasteiger charge is 2.45. The molecule has 11 rings (SSSR count). The number of Topliss-reactive ketones (excluding diaryl/α,β-unsaturated/α-hetero) is 4. The smallest absolute Gasteiger partial charge is 0.336 e. The zero-order valence-corrected chi connectivity index (χ0v) is 92.3. The van der Waals surface area contributed by atoms with Gasteiger partial charge in [-0.25, -0.2) is 31.1 Å². The first-order valence-corrected chi connectivity index (χ1v) is 56.2. The van der Waals surface area contributed by atoms with E-state index in [2.05, 4.69) is 177 Å². The minimum atomic E-state index is -1.94. The lowest BCUT2D eigenvalue weighted by Gasteiger charge is -2.38. The Morgan fingerprint density at radius 3 is 1.18 bits per heavy atom. The molecule has 0 aromatic heterocycles. The van der Waals surface area contributed by atoms with Crippen LogP contribution in [0.2, 0.25) is 54.4 Å². The molecule has 0 bridgehead atoms. The van der Waals surface area contributed by atoms with E-state index in [4.69, 9.17) is 59.4 Å². The van der Waals surface area contributed by atoms with Crippen molar-refractivity contribution in [3.05, 3.63) is 270 Å². The number of ether oxygens (including phenoxy) is 4. The van der Waals surface area contributed by atoms with Gasteiger partial charge in [-0.05, 0) is 311 Å². The molecule has 2 unspecified atom stereocenters. The number of carboxylic acid groups (broad SMARTS) is 1.